The third-order valence-electron chi connectivity index (χ3n) is 2.79. The predicted octanol–water partition coefficient (Wildman–Crippen LogP) is 2.27. The van der Waals surface area contributed by atoms with Crippen LogP contribution in [0.25, 0.3) is 11.0 Å². The van der Waals surface area contributed by atoms with E-state index >= 15 is 0 Å². The summed E-state index contributed by atoms with van der Waals surface area (Å²) in [5, 5.41) is 10.3. The molecule has 0 aliphatic heterocycles. The second-order valence-corrected chi connectivity index (χ2v) is 4.15. The Bertz CT molecular complexity index is 674. The van der Waals surface area contributed by atoms with E-state index in [4.69, 9.17) is 0 Å². The average Bonchev–Trinajstić information content (AvgIpc) is 2.85. The quantitative estimate of drug-likeness (QED) is 0.735. The van der Waals surface area contributed by atoms with Crippen LogP contribution >= 0.6 is 0 Å². The van der Waals surface area contributed by atoms with Gasteiger partial charge in [-0.1, -0.05) is 0 Å². The summed E-state index contributed by atoms with van der Waals surface area (Å²) in [5.41, 5.74) is 5.03. The van der Waals surface area contributed by atoms with Gasteiger partial charge in [0.2, 0.25) is 0 Å². The molecular formula is C13H13N5. The van der Waals surface area contributed by atoms with E-state index in [1.54, 1.807) is 12.4 Å². The molecule has 0 unspecified atom stereocenters. The van der Waals surface area contributed by atoms with Crippen LogP contribution in [0.1, 0.15) is 11.3 Å². The van der Waals surface area contributed by atoms with E-state index < -0.39 is 0 Å². The maximum atomic E-state index is 4.23. The number of aromatic amines is 1. The predicted molar refractivity (Wildman–Crippen MR) is 70.2 cm³/mol. The van der Waals surface area contributed by atoms with Gasteiger partial charge in [-0.25, -0.2) is 0 Å². The van der Waals surface area contributed by atoms with Crippen LogP contribution in [-0.2, 0) is 6.54 Å². The molecular weight excluding hydrogens is 226 g/mol. The Morgan fingerprint density at radius 2 is 2.11 bits per heavy atom. The van der Waals surface area contributed by atoms with E-state index in [9.17, 15) is 0 Å². The van der Waals surface area contributed by atoms with Gasteiger partial charge in [0.1, 0.15) is 11.0 Å². The molecule has 2 N–H and O–H groups in total. The summed E-state index contributed by atoms with van der Waals surface area (Å²) >= 11 is 0. The summed E-state index contributed by atoms with van der Waals surface area (Å²) in [7, 11) is 0. The first-order valence-corrected chi connectivity index (χ1v) is 5.76. The largest absolute Gasteiger partial charge is 0.379 e. The lowest BCUT2D eigenvalue weighted by Gasteiger charge is -2.07. The van der Waals surface area contributed by atoms with Crippen LogP contribution in [0, 0.1) is 6.92 Å². The number of fused-ring (bicyclic) bond motifs is 1. The molecule has 0 spiro atoms. The maximum absolute atomic E-state index is 4.23. The summed E-state index contributed by atoms with van der Waals surface area (Å²) in [6, 6.07) is 6.01. The zero-order valence-electron chi connectivity index (χ0n) is 10.0. The van der Waals surface area contributed by atoms with Crippen molar-refractivity contribution in [1.29, 1.82) is 0 Å². The second kappa shape index (κ2) is 4.44. The van der Waals surface area contributed by atoms with Crippen molar-refractivity contribution in [3.63, 3.8) is 0 Å². The highest BCUT2D eigenvalue weighted by molar-refractivity contribution is 5.86. The third kappa shape index (κ3) is 2.02. The first-order chi connectivity index (χ1) is 8.83. The van der Waals surface area contributed by atoms with Crippen molar-refractivity contribution in [2.45, 2.75) is 13.5 Å². The van der Waals surface area contributed by atoms with Crippen LogP contribution in [0.5, 0.6) is 0 Å². The van der Waals surface area contributed by atoms with Gasteiger partial charge in [0.05, 0.1) is 11.9 Å². The van der Waals surface area contributed by atoms with Crippen molar-refractivity contribution in [2.75, 3.05) is 5.32 Å². The van der Waals surface area contributed by atoms with Crippen LogP contribution in [-0.4, -0.2) is 20.2 Å². The number of aryl methyl sites for hydroxylation is 1. The van der Waals surface area contributed by atoms with Gasteiger partial charge in [-0.05, 0) is 30.7 Å². The van der Waals surface area contributed by atoms with Crippen LogP contribution < -0.4 is 5.32 Å². The smallest absolute Gasteiger partial charge is 0.110 e. The zero-order chi connectivity index (χ0) is 12.4. The van der Waals surface area contributed by atoms with Crippen molar-refractivity contribution in [3.05, 3.63) is 48.0 Å². The molecule has 5 heteroatoms. The van der Waals surface area contributed by atoms with Crippen LogP contribution in [0.3, 0.4) is 0 Å². The summed E-state index contributed by atoms with van der Waals surface area (Å²) in [6.07, 6.45) is 5.32. The minimum absolute atomic E-state index is 0.751. The Kier molecular flexibility index (Phi) is 2.64. The van der Waals surface area contributed by atoms with Gasteiger partial charge in [-0.3, -0.25) is 15.1 Å². The highest BCUT2D eigenvalue weighted by atomic mass is 15.1. The van der Waals surface area contributed by atoms with Crippen molar-refractivity contribution >= 4 is 16.7 Å². The molecule has 0 saturated carbocycles. The van der Waals surface area contributed by atoms with Gasteiger partial charge >= 0.3 is 0 Å². The van der Waals surface area contributed by atoms with E-state index in [1.165, 1.54) is 5.56 Å². The Hall–Kier alpha value is -2.43. The van der Waals surface area contributed by atoms with Gasteiger partial charge in [-0.2, -0.15) is 5.10 Å². The van der Waals surface area contributed by atoms with E-state index in [2.05, 4.69) is 31.5 Å². The number of nitrogens with one attached hydrogen (secondary N) is 2. The lowest BCUT2D eigenvalue weighted by atomic mass is 10.2. The van der Waals surface area contributed by atoms with Crippen molar-refractivity contribution in [3.8, 4) is 0 Å². The van der Waals surface area contributed by atoms with Crippen LogP contribution in [0.2, 0.25) is 0 Å². The minimum Gasteiger partial charge on any atom is -0.379 e. The van der Waals surface area contributed by atoms with E-state index in [0.29, 0.717) is 0 Å². The monoisotopic (exact) mass is 239 g/mol. The highest BCUT2D eigenvalue weighted by Crippen LogP contribution is 2.18. The van der Waals surface area contributed by atoms with Gasteiger partial charge in [0.15, 0.2) is 0 Å². The standard InChI is InChI=1S/C13H13N5/c1-9-6-10(2-4-14-9)7-16-11-3-5-15-12-8-17-18-13(11)12/h2-6,8H,7H2,1H3,(H,15,16)(H,17,18). The normalized spacial score (nSPS) is 10.7. The number of nitrogens with zero attached hydrogens (tertiary/aromatic N) is 3. The Morgan fingerprint density at radius 1 is 1.22 bits per heavy atom. The number of hydrogen-bond donors (Lipinski definition) is 2. The Balaban J connectivity index is 1.83. The first kappa shape index (κ1) is 10.7. The summed E-state index contributed by atoms with van der Waals surface area (Å²) in [5.74, 6) is 0. The fourth-order valence-corrected chi connectivity index (χ4v) is 1.91. The Labute approximate surface area is 104 Å². The zero-order valence-corrected chi connectivity index (χ0v) is 10.0. The lowest BCUT2D eigenvalue weighted by Crippen LogP contribution is -2.01. The first-order valence-electron chi connectivity index (χ1n) is 5.76. The van der Waals surface area contributed by atoms with Gasteiger partial charge < -0.3 is 5.32 Å². The van der Waals surface area contributed by atoms with Crippen LogP contribution in [0.4, 0.5) is 5.69 Å². The summed E-state index contributed by atoms with van der Waals surface area (Å²) in [6.45, 7) is 2.74. The number of anilines is 1. The highest BCUT2D eigenvalue weighted by Gasteiger charge is 2.03. The molecule has 3 aromatic heterocycles. The number of rotatable bonds is 3. The number of H-pyrrole nitrogens is 1. The molecule has 0 aliphatic carbocycles. The SMILES string of the molecule is Cc1cc(CNc2ccnc3cn[nH]c23)ccn1. The molecule has 0 aliphatic rings. The minimum atomic E-state index is 0.751. The second-order valence-electron chi connectivity index (χ2n) is 4.15. The molecule has 0 saturated heterocycles. The average molecular weight is 239 g/mol. The number of pyridine rings is 2. The molecule has 18 heavy (non-hydrogen) atoms. The molecule has 5 nitrogen and oxygen atoms in total. The molecule has 0 amide bonds. The van der Waals surface area contributed by atoms with Gasteiger partial charge in [0, 0.05) is 24.6 Å². The molecule has 90 valence electrons. The van der Waals surface area contributed by atoms with Gasteiger partial charge in [-0.15, -0.1) is 0 Å². The lowest BCUT2D eigenvalue weighted by molar-refractivity contribution is 1.09. The molecule has 0 atom stereocenters. The summed E-state index contributed by atoms with van der Waals surface area (Å²) < 4.78 is 0. The summed E-state index contributed by atoms with van der Waals surface area (Å²) in [4.78, 5) is 8.41. The van der Waals surface area contributed by atoms with E-state index in [1.807, 2.05) is 25.3 Å². The topological polar surface area (TPSA) is 66.5 Å². The van der Waals surface area contributed by atoms with Crippen LogP contribution in [0.15, 0.2) is 36.8 Å². The van der Waals surface area contributed by atoms with Crippen molar-refractivity contribution in [1.82, 2.24) is 20.2 Å². The maximum Gasteiger partial charge on any atom is 0.110 e. The molecule has 3 rings (SSSR count). The fourth-order valence-electron chi connectivity index (χ4n) is 1.91. The fraction of sp³-hybridized carbons (Fsp3) is 0.154. The van der Waals surface area contributed by atoms with Crippen molar-refractivity contribution < 1.29 is 0 Å². The number of aromatic nitrogens is 4. The molecule has 3 aromatic rings. The van der Waals surface area contributed by atoms with Crippen molar-refractivity contribution in [2.24, 2.45) is 0 Å². The van der Waals surface area contributed by atoms with E-state index in [-0.39, 0.29) is 0 Å². The molecule has 0 bridgehead atoms. The Morgan fingerprint density at radius 3 is 3.00 bits per heavy atom. The third-order valence-corrected chi connectivity index (χ3v) is 2.79. The van der Waals surface area contributed by atoms with E-state index in [0.717, 1.165) is 29.0 Å². The molecule has 0 aromatic carbocycles. The number of hydrogen-bond acceptors (Lipinski definition) is 4. The molecule has 0 fully saturated rings. The van der Waals surface area contributed by atoms with Gasteiger partial charge in [0.25, 0.3) is 0 Å². The molecule has 3 heterocycles. The molecule has 0 radical (unpaired) electrons.